The number of imidazole rings is 1. The highest BCUT2D eigenvalue weighted by Crippen LogP contribution is 2.04. The van der Waals surface area contributed by atoms with Crippen LogP contribution in [0, 0.1) is 0 Å². The normalized spacial score (nSPS) is 13.2. The number of amides is 4. The number of nitrogens with zero attached hydrogens (tertiary/aromatic N) is 1. The molecule has 1 heterocycles. The quantitative estimate of drug-likeness (QED) is 0.157. The van der Waals surface area contributed by atoms with E-state index in [0.717, 1.165) is 5.56 Å². The van der Waals surface area contributed by atoms with Crippen molar-refractivity contribution in [2.24, 2.45) is 11.5 Å². The molecule has 2 rings (SSSR count). The standard InChI is InChI=1S/C22H29N7O6/c23-15(8-13-4-2-1-3-5-13)20(32)26-11-19(31)28-16(6-7-18(24)30)21(33)29-17(22(34)35)9-14-10-25-12-27-14/h1-5,10,12,15-17H,6-9,11,23H2,(H2,24,30)(H,25,27)(H,26,32)(H,28,31)(H,29,33)(H,34,35). The maximum atomic E-state index is 12.7. The molecule has 9 N–H and O–H groups in total. The van der Waals surface area contributed by atoms with Gasteiger partial charge in [-0.15, -0.1) is 0 Å². The van der Waals surface area contributed by atoms with Crippen molar-refractivity contribution in [1.29, 1.82) is 0 Å². The number of carbonyl (C=O) groups excluding carboxylic acids is 4. The molecule has 1 aromatic carbocycles. The van der Waals surface area contributed by atoms with Crippen LogP contribution in [-0.2, 0) is 36.8 Å². The van der Waals surface area contributed by atoms with Gasteiger partial charge >= 0.3 is 5.97 Å². The number of hydrogen-bond acceptors (Lipinski definition) is 7. The predicted octanol–water partition coefficient (Wildman–Crippen LogP) is -2.04. The van der Waals surface area contributed by atoms with Gasteiger partial charge in [-0.25, -0.2) is 9.78 Å². The lowest BCUT2D eigenvalue weighted by atomic mass is 10.1. The van der Waals surface area contributed by atoms with Crippen LogP contribution >= 0.6 is 0 Å². The molecule has 35 heavy (non-hydrogen) atoms. The van der Waals surface area contributed by atoms with Gasteiger partial charge in [0.05, 0.1) is 18.9 Å². The van der Waals surface area contributed by atoms with Gasteiger partial charge in [0.25, 0.3) is 0 Å². The molecule has 0 saturated heterocycles. The highest BCUT2D eigenvalue weighted by molar-refractivity contribution is 5.93. The lowest BCUT2D eigenvalue weighted by Crippen LogP contribution is -2.54. The Morgan fingerprint density at radius 1 is 1.00 bits per heavy atom. The molecule has 3 atom stereocenters. The third kappa shape index (κ3) is 9.63. The second-order valence-electron chi connectivity index (χ2n) is 7.82. The average Bonchev–Trinajstić information content (AvgIpc) is 3.33. The van der Waals surface area contributed by atoms with E-state index in [-0.39, 0.29) is 25.7 Å². The first kappa shape index (κ1) is 27.0. The highest BCUT2D eigenvalue weighted by Gasteiger charge is 2.27. The van der Waals surface area contributed by atoms with Crippen LogP contribution in [0.2, 0.25) is 0 Å². The molecule has 3 unspecified atom stereocenters. The van der Waals surface area contributed by atoms with Crippen LogP contribution in [0.15, 0.2) is 42.9 Å². The summed E-state index contributed by atoms with van der Waals surface area (Å²) in [5.41, 5.74) is 12.4. The van der Waals surface area contributed by atoms with Gasteiger partial charge < -0.3 is 37.5 Å². The Hall–Kier alpha value is -4.26. The summed E-state index contributed by atoms with van der Waals surface area (Å²) in [6, 6.07) is 5.64. The van der Waals surface area contributed by atoms with Crippen molar-refractivity contribution in [3.05, 3.63) is 54.1 Å². The minimum Gasteiger partial charge on any atom is -0.480 e. The summed E-state index contributed by atoms with van der Waals surface area (Å²) in [5.74, 6) is -4.11. The lowest BCUT2D eigenvalue weighted by molar-refractivity contribution is -0.142. The van der Waals surface area contributed by atoms with Crippen LogP contribution in [0.25, 0.3) is 0 Å². The summed E-state index contributed by atoms with van der Waals surface area (Å²) in [6.07, 6.45) is 2.58. The van der Waals surface area contributed by atoms with Crippen molar-refractivity contribution in [2.75, 3.05) is 6.54 Å². The number of aromatic nitrogens is 2. The maximum absolute atomic E-state index is 12.7. The molecule has 13 nitrogen and oxygen atoms in total. The van der Waals surface area contributed by atoms with E-state index in [1.165, 1.54) is 12.5 Å². The van der Waals surface area contributed by atoms with Crippen molar-refractivity contribution in [3.63, 3.8) is 0 Å². The zero-order valence-electron chi connectivity index (χ0n) is 18.9. The molecular formula is C22H29N7O6. The van der Waals surface area contributed by atoms with Crippen LogP contribution in [0.5, 0.6) is 0 Å². The van der Waals surface area contributed by atoms with Gasteiger partial charge in [0.1, 0.15) is 12.1 Å². The minimum atomic E-state index is -1.31. The summed E-state index contributed by atoms with van der Waals surface area (Å²) >= 11 is 0. The summed E-state index contributed by atoms with van der Waals surface area (Å²) in [4.78, 5) is 66.6. The van der Waals surface area contributed by atoms with Gasteiger partial charge in [-0.05, 0) is 18.4 Å². The van der Waals surface area contributed by atoms with Gasteiger partial charge in [0.15, 0.2) is 0 Å². The van der Waals surface area contributed by atoms with Gasteiger partial charge in [0, 0.05) is 24.7 Å². The van der Waals surface area contributed by atoms with Crippen molar-refractivity contribution < 1.29 is 29.1 Å². The van der Waals surface area contributed by atoms with E-state index < -0.39 is 54.3 Å². The van der Waals surface area contributed by atoms with Crippen molar-refractivity contribution in [2.45, 2.75) is 43.8 Å². The van der Waals surface area contributed by atoms with E-state index in [2.05, 4.69) is 25.9 Å². The summed E-state index contributed by atoms with van der Waals surface area (Å²) < 4.78 is 0. The fourth-order valence-electron chi connectivity index (χ4n) is 3.15. The SMILES string of the molecule is NC(=O)CCC(NC(=O)CNC(=O)C(N)Cc1ccccc1)C(=O)NC(Cc1cnc[nH]1)C(=O)O. The number of rotatable bonds is 14. The largest absolute Gasteiger partial charge is 0.480 e. The molecule has 0 aliphatic carbocycles. The molecule has 2 aromatic rings. The van der Waals surface area contributed by atoms with Gasteiger partial charge in [-0.2, -0.15) is 0 Å². The number of aliphatic carboxylic acids is 1. The highest BCUT2D eigenvalue weighted by atomic mass is 16.4. The first-order valence-electron chi connectivity index (χ1n) is 10.8. The number of aromatic amines is 1. The molecule has 0 radical (unpaired) electrons. The van der Waals surface area contributed by atoms with Gasteiger partial charge in [0.2, 0.25) is 23.6 Å². The van der Waals surface area contributed by atoms with Crippen molar-refractivity contribution in [3.8, 4) is 0 Å². The molecular weight excluding hydrogens is 458 g/mol. The van der Waals surface area contributed by atoms with Crippen LogP contribution in [0.3, 0.4) is 0 Å². The summed E-state index contributed by atoms with van der Waals surface area (Å²) in [5, 5.41) is 16.6. The Balaban J connectivity index is 1.93. The first-order valence-corrected chi connectivity index (χ1v) is 10.8. The second-order valence-corrected chi connectivity index (χ2v) is 7.82. The predicted molar refractivity (Wildman–Crippen MR) is 123 cm³/mol. The van der Waals surface area contributed by atoms with Crippen molar-refractivity contribution >= 4 is 29.6 Å². The average molecular weight is 488 g/mol. The molecule has 0 spiro atoms. The Labute approximate surface area is 201 Å². The summed E-state index contributed by atoms with van der Waals surface area (Å²) in [7, 11) is 0. The third-order valence-corrected chi connectivity index (χ3v) is 4.98. The molecule has 188 valence electrons. The van der Waals surface area contributed by atoms with Crippen LogP contribution < -0.4 is 27.4 Å². The molecule has 0 aliphatic heterocycles. The third-order valence-electron chi connectivity index (χ3n) is 4.98. The Kier molecular flexibility index (Phi) is 10.4. The molecule has 0 fully saturated rings. The molecule has 4 amide bonds. The van der Waals surface area contributed by atoms with E-state index in [1.807, 2.05) is 30.3 Å². The lowest BCUT2D eigenvalue weighted by Gasteiger charge is -2.21. The molecule has 0 aliphatic rings. The molecule has 13 heteroatoms. The van der Waals surface area contributed by atoms with E-state index in [0.29, 0.717) is 5.69 Å². The fraction of sp³-hybridized carbons (Fsp3) is 0.364. The Bertz CT molecular complexity index is 1010. The Morgan fingerprint density at radius 3 is 2.31 bits per heavy atom. The van der Waals surface area contributed by atoms with E-state index in [1.54, 1.807) is 0 Å². The number of carboxylic acid groups (broad SMARTS) is 1. The smallest absolute Gasteiger partial charge is 0.326 e. The number of H-pyrrole nitrogens is 1. The van der Waals surface area contributed by atoms with E-state index >= 15 is 0 Å². The second kappa shape index (κ2) is 13.4. The topological polar surface area (TPSA) is 222 Å². The molecule has 1 aromatic heterocycles. The number of benzene rings is 1. The Morgan fingerprint density at radius 2 is 1.71 bits per heavy atom. The van der Waals surface area contributed by atoms with Gasteiger partial charge in [-0.3, -0.25) is 19.2 Å². The summed E-state index contributed by atoms with van der Waals surface area (Å²) in [6.45, 7) is -0.474. The number of nitrogens with one attached hydrogen (secondary N) is 4. The number of hydrogen-bond donors (Lipinski definition) is 7. The van der Waals surface area contributed by atoms with E-state index in [4.69, 9.17) is 11.5 Å². The van der Waals surface area contributed by atoms with Crippen LogP contribution in [-0.4, -0.2) is 69.3 Å². The van der Waals surface area contributed by atoms with Crippen LogP contribution in [0.4, 0.5) is 0 Å². The number of primary amides is 1. The molecule has 0 bridgehead atoms. The maximum Gasteiger partial charge on any atom is 0.326 e. The monoisotopic (exact) mass is 487 g/mol. The number of carbonyl (C=O) groups is 5. The minimum absolute atomic E-state index is 0.0765. The molecule has 0 saturated carbocycles. The zero-order valence-corrected chi connectivity index (χ0v) is 18.9. The van der Waals surface area contributed by atoms with Crippen LogP contribution in [0.1, 0.15) is 24.1 Å². The first-order chi connectivity index (χ1) is 16.7. The van der Waals surface area contributed by atoms with Gasteiger partial charge in [-0.1, -0.05) is 30.3 Å². The van der Waals surface area contributed by atoms with Crippen molar-refractivity contribution in [1.82, 2.24) is 25.9 Å². The fourth-order valence-corrected chi connectivity index (χ4v) is 3.15. The van der Waals surface area contributed by atoms with E-state index in [9.17, 15) is 29.1 Å². The zero-order chi connectivity index (χ0) is 25.8. The number of carboxylic acids is 1. The number of nitrogens with two attached hydrogens (primary N) is 2.